The van der Waals surface area contributed by atoms with Crippen molar-refractivity contribution in [2.24, 2.45) is 0 Å². The zero-order valence-corrected chi connectivity index (χ0v) is 17.9. The molecular weight excluding hydrogens is 406 g/mol. The fraction of sp³-hybridized carbons (Fsp3) is 0.0769. The van der Waals surface area contributed by atoms with E-state index in [1.165, 1.54) is 0 Å². The first-order chi connectivity index (χ1) is 15.4. The fourth-order valence-corrected chi connectivity index (χ4v) is 2.86. The summed E-state index contributed by atoms with van der Waals surface area (Å²) in [6.07, 6.45) is 1.12. The molecule has 162 valence electrons. The highest BCUT2D eigenvalue weighted by molar-refractivity contribution is 5.90. The predicted molar refractivity (Wildman–Crippen MR) is 126 cm³/mol. The maximum atomic E-state index is 11.5. The maximum Gasteiger partial charge on any atom is 0.518 e. The smallest absolute Gasteiger partial charge is 0.497 e. The molecule has 0 aromatic heterocycles. The first kappa shape index (κ1) is 22.4. The molecule has 0 bridgehead atoms. The Hall–Kier alpha value is -4.32. The Labute approximate surface area is 187 Å². The Balaban J connectivity index is 1.95. The molecule has 0 aliphatic carbocycles. The van der Waals surface area contributed by atoms with Gasteiger partial charge in [0, 0.05) is 35.3 Å². The first-order valence-electron chi connectivity index (χ1n) is 9.79. The number of carbonyl (C=O) groups excluding carboxylic acids is 2. The lowest BCUT2D eigenvalue weighted by atomic mass is 10.2. The van der Waals surface area contributed by atoms with Crippen LogP contribution < -0.4 is 19.1 Å². The Morgan fingerprint density at radius 3 is 1.59 bits per heavy atom. The first-order valence-corrected chi connectivity index (χ1v) is 9.79. The predicted octanol–water partition coefficient (Wildman–Crippen LogP) is 5.71. The van der Waals surface area contributed by atoms with Crippen LogP contribution in [-0.2, 0) is 4.79 Å². The minimum absolute atomic E-state index is 0.227. The van der Waals surface area contributed by atoms with E-state index in [4.69, 9.17) is 14.2 Å². The highest BCUT2D eigenvalue weighted by atomic mass is 16.5. The quantitative estimate of drug-likeness (QED) is 0.198. The lowest BCUT2D eigenvalue weighted by molar-refractivity contribution is -0.128. The van der Waals surface area contributed by atoms with Crippen LogP contribution in [0.15, 0.2) is 97.6 Å². The molecule has 0 saturated heterocycles. The van der Waals surface area contributed by atoms with E-state index in [1.807, 2.05) is 53.4 Å². The summed E-state index contributed by atoms with van der Waals surface area (Å²) in [5.74, 6) is 0.901. The van der Waals surface area contributed by atoms with E-state index >= 15 is 0 Å². The van der Waals surface area contributed by atoms with E-state index in [-0.39, 0.29) is 5.97 Å². The van der Waals surface area contributed by atoms with Gasteiger partial charge in [-0.05, 0) is 67.6 Å². The molecule has 0 aliphatic rings. The van der Waals surface area contributed by atoms with Crippen LogP contribution in [0.25, 0.3) is 0 Å². The number of nitrogens with zero attached hydrogens (tertiary/aromatic N) is 1. The third-order valence-electron chi connectivity index (χ3n) is 4.49. The van der Waals surface area contributed by atoms with Crippen LogP contribution in [0.2, 0.25) is 0 Å². The van der Waals surface area contributed by atoms with Crippen molar-refractivity contribution in [3.8, 4) is 17.2 Å². The molecule has 0 unspecified atom stereocenters. The van der Waals surface area contributed by atoms with Gasteiger partial charge < -0.3 is 19.2 Å². The van der Waals surface area contributed by atoms with Crippen molar-refractivity contribution in [1.82, 2.24) is 0 Å². The molecule has 3 rings (SSSR count). The summed E-state index contributed by atoms with van der Waals surface area (Å²) in [4.78, 5) is 23.3. The van der Waals surface area contributed by atoms with Crippen LogP contribution in [-0.4, -0.2) is 23.8 Å². The normalized spacial score (nSPS) is 10.1. The Morgan fingerprint density at radius 1 is 0.812 bits per heavy atom. The van der Waals surface area contributed by atoms with E-state index in [0.29, 0.717) is 17.1 Å². The zero-order chi connectivity index (χ0) is 23.1. The maximum absolute atomic E-state index is 11.5. The van der Waals surface area contributed by atoms with Gasteiger partial charge in [-0.2, -0.15) is 0 Å². The van der Waals surface area contributed by atoms with Gasteiger partial charge in [0.15, 0.2) is 0 Å². The Morgan fingerprint density at radius 2 is 1.22 bits per heavy atom. The number of methoxy groups -OCH3 is 1. The summed E-state index contributed by atoms with van der Waals surface area (Å²) in [6, 6.07) is 22.0. The van der Waals surface area contributed by atoms with Gasteiger partial charge in [0.05, 0.1) is 12.7 Å². The molecule has 6 heteroatoms. The number of ether oxygens (including phenoxy) is 3. The Kier molecular flexibility index (Phi) is 7.08. The van der Waals surface area contributed by atoms with Crippen molar-refractivity contribution < 1.29 is 23.8 Å². The molecule has 3 aromatic rings. The summed E-state index contributed by atoms with van der Waals surface area (Å²) in [5, 5.41) is 0. The van der Waals surface area contributed by atoms with E-state index in [2.05, 4.69) is 13.2 Å². The molecule has 1 N–H and O–H groups in total. The molecule has 0 aliphatic heterocycles. The number of benzene rings is 3. The van der Waals surface area contributed by atoms with Gasteiger partial charge in [-0.3, -0.25) is 4.74 Å². The van der Waals surface area contributed by atoms with Crippen LogP contribution >= 0.6 is 0 Å². The third-order valence-corrected chi connectivity index (χ3v) is 4.49. The van der Waals surface area contributed by atoms with Gasteiger partial charge >= 0.3 is 11.9 Å². The molecule has 32 heavy (non-hydrogen) atoms. The molecule has 6 nitrogen and oxygen atoms in total. The largest absolute Gasteiger partial charge is 0.518 e. The average Bonchev–Trinajstić information content (AvgIpc) is 2.81. The SMILES string of the molecule is C=CC(=O)Oc1ccc(N(c2ccc(OC)cc2)c2ccc(OC(=[OH+])C(=C)C)cc2)cc1. The molecule has 3 aromatic carbocycles. The molecule has 0 amide bonds. The molecule has 0 heterocycles. The van der Waals surface area contributed by atoms with Gasteiger partial charge in [0.1, 0.15) is 11.5 Å². The zero-order valence-electron chi connectivity index (χ0n) is 17.9. The lowest BCUT2D eigenvalue weighted by Crippen LogP contribution is -2.11. The van der Waals surface area contributed by atoms with E-state index in [0.717, 1.165) is 28.9 Å². The van der Waals surface area contributed by atoms with E-state index < -0.39 is 5.97 Å². The van der Waals surface area contributed by atoms with Crippen LogP contribution in [0, 0.1) is 0 Å². The summed E-state index contributed by atoms with van der Waals surface area (Å²) in [5.41, 5.74) is 3.03. The summed E-state index contributed by atoms with van der Waals surface area (Å²) in [6.45, 7) is 8.72. The van der Waals surface area contributed by atoms with Gasteiger partial charge in [0.25, 0.3) is 0 Å². The standard InChI is InChI=1S/C26H23NO5/c1-5-25(28)31-23-14-8-20(9-15-23)27(19-6-12-22(30-4)13-7-19)21-10-16-24(17-11-21)32-26(29)18(2)3/h5-17H,1-2H2,3-4H3/p+1. The van der Waals surface area contributed by atoms with Crippen molar-refractivity contribution in [2.45, 2.75) is 6.92 Å². The topological polar surface area (TPSA) is 69.4 Å². The van der Waals surface area contributed by atoms with Crippen LogP contribution in [0.4, 0.5) is 17.1 Å². The highest BCUT2D eigenvalue weighted by Crippen LogP contribution is 2.36. The highest BCUT2D eigenvalue weighted by Gasteiger charge is 2.17. The minimum atomic E-state index is -0.518. The van der Waals surface area contributed by atoms with Crippen molar-refractivity contribution >= 4 is 29.0 Å². The van der Waals surface area contributed by atoms with Crippen molar-refractivity contribution in [2.75, 3.05) is 12.0 Å². The molecule has 0 saturated carbocycles. The van der Waals surface area contributed by atoms with Crippen LogP contribution in [0.5, 0.6) is 17.2 Å². The van der Waals surface area contributed by atoms with Crippen molar-refractivity contribution in [3.05, 3.63) is 97.6 Å². The second-order valence-electron chi connectivity index (χ2n) is 6.83. The molecule has 0 spiro atoms. The third kappa shape index (κ3) is 5.43. The van der Waals surface area contributed by atoms with Gasteiger partial charge in [-0.25, -0.2) is 4.79 Å². The van der Waals surface area contributed by atoms with Crippen LogP contribution in [0.3, 0.4) is 0 Å². The van der Waals surface area contributed by atoms with Gasteiger partial charge in [-0.15, -0.1) is 0 Å². The fourth-order valence-electron chi connectivity index (χ4n) is 2.86. The van der Waals surface area contributed by atoms with Crippen LogP contribution in [0.1, 0.15) is 6.92 Å². The average molecular weight is 430 g/mol. The number of esters is 2. The molecule has 0 fully saturated rings. The number of carbonyl (C=O) groups is 1. The number of hydrogen-bond donors (Lipinski definition) is 0. The second-order valence-corrected chi connectivity index (χ2v) is 6.83. The summed E-state index contributed by atoms with van der Waals surface area (Å²) < 4.78 is 15.8. The number of hydrogen-bond acceptors (Lipinski definition) is 5. The number of anilines is 3. The number of rotatable bonds is 8. The van der Waals surface area contributed by atoms with E-state index in [1.54, 1.807) is 38.3 Å². The minimum Gasteiger partial charge on any atom is -0.497 e. The van der Waals surface area contributed by atoms with Crippen molar-refractivity contribution in [1.29, 1.82) is 0 Å². The van der Waals surface area contributed by atoms with Gasteiger partial charge in [0.2, 0.25) is 5.75 Å². The Bertz CT molecular complexity index is 1120. The summed E-state index contributed by atoms with van der Waals surface area (Å²) in [7, 11) is 1.62. The molecule has 0 radical (unpaired) electrons. The van der Waals surface area contributed by atoms with E-state index in [9.17, 15) is 9.59 Å². The molecule has 0 atom stereocenters. The molecular formula is C26H24NO5+. The summed E-state index contributed by atoms with van der Waals surface area (Å²) >= 11 is 0. The monoisotopic (exact) mass is 430 g/mol. The second kappa shape index (κ2) is 10.1. The lowest BCUT2D eigenvalue weighted by Gasteiger charge is -2.25. The van der Waals surface area contributed by atoms with Crippen molar-refractivity contribution in [3.63, 3.8) is 0 Å². The van der Waals surface area contributed by atoms with Gasteiger partial charge in [-0.1, -0.05) is 13.2 Å².